The van der Waals surface area contributed by atoms with Crippen molar-refractivity contribution >= 4 is 5.91 Å². The van der Waals surface area contributed by atoms with Gasteiger partial charge in [-0.15, -0.1) is 6.58 Å². The standard InChI is InChI=1S/C26H33N3O2/c1-2-12-27-17-22-16-23(18-27)29(22)25(21-6-5-7-24(30)15-21)19-8-10-20(11-9-19)26(31)28-13-3-4-14-28/h2,5-6,8-11,15,22-25,30H,1,3-4,7,12-14,16-18H2. The first kappa shape index (κ1) is 20.7. The first-order valence-electron chi connectivity index (χ1n) is 11.7. The zero-order valence-electron chi connectivity index (χ0n) is 18.2. The fraction of sp³-hybridized carbons (Fsp3) is 0.500. The van der Waals surface area contributed by atoms with E-state index < -0.39 is 6.10 Å². The summed E-state index contributed by atoms with van der Waals surface area (Å²) in [6, 6.07) is 9.39. The Morgan fingerprint density at radius 3 is 2.52 bits per heavy atom. The smallest absolute Gasteiger partial charge is 0.253 e. The number of carbonyl (C=O) groups is 1. The maximum atomic E-state index is 12.8. The maximum Gasteiger partial charge on any atom is 0.253 e. The quantitative estimate of drug-likeness (QED) is 0.720. The molecule has 2 bridgehead atoms. The number of nitrogens with zero attached hydrogens (tertiary/aromatic N) is 3. The van der Waals surface area contributed by atoms with Gasteiger partial charge < -0.3 is 10.0 Å². The summed E-state index contributed by atoms with van der Waals surface area (Å²) < 4.78 is 0. The van der Waals surface area contributed by atoms with Crippen molar-refractivity contribution in [2.75, 3.05) is 32.7 Å². The second-order valence-electron chi connectivity index (χ2n) is 9.39. The average molecular weight is 420 g/mol. The van der Waals surface area contributed by atoms with Crippen LogP contribution in [0.25, 0.3) is 0 Å². The van der Waals surface area contributed by atoms with Gasteiger partial charge in [-0.05, 0) is 49.0 Å². The number of fused-ring (bicyclic) bond motifs is 2. The van der Waals surface area contributed by atoms with E-state index in [1.54, 1.807) is 0 Å². The Morgan fingerprint density at radius 2 is 1.87 bits per heavy atom. The van der Waals surface area contributed by atoms with E-state index in [0.29, 0.717) is 18.5 Å². The molecule has 4 atom stereocenters. The largest absolute Gasteiger partial charge is 0.389 e. The molecule has 31 heavy (non-hydrogen) atoms. The lowest BCUT2D eigenvalue weighted by Crippen LogP contribution is -2.69. The molecular formula is C26H33N3O2. The third-order valence-corrected chi connectivity index (χ3v) is 7.27. The van der Waals surface area contributed by atoms with Crippen LogP contribution in [0.5, 0.6) is 0 Å². The molecule has 1 aromatic rings. The van der Waals surface area contributed by atoms with E-state index in [2.05, 4.69) is 40.7 Å². The van der Waals surface area contributed by atoms with E-state index in [-0.39, 0.29) is 11.9 Å². The second kappa shape index (κ2) is 8.73. The van der Waals surface area contributed by atoms with Crippen molar-refractivity contribution in [3.8, 4) is 0 Å². The van der Waals surface area contributed by atoms with E-state index in [1.807, 2.05) is 29.2 Å². The number of piperidine rings is 1. The first-order chi connectivity index (χ1) is 15.1. The Morgan fingerprint density at radius 1 is 1.16 bits per heavy atom. The van der Waals surface area contributed by atoms with Crippen molar-refractivity contribution < 1.29 is 9.90 Å². The molecule has 1 N–H and O–H groups in total. The van der Waals surface area contributed by atoms with Gasteiger partial charge in [-0.25, -0.2) is 0 Å². The molecule has 4 aliphatic heterocycles. The van der Waals surface area contributed by atoms with Crippen LogP contribution in [0.4, 0.5) is 0 Å². The van der Waals surface area contributed by atoms with E-state index in [9.17, 15) is 9.90 Å². The fourth-order valence-electron chi connectivity index (χ4n) is 5.80. The normalized spacial score (nSPS) is 29.4. The zero-order valence-corrected chi connectivity index (χ0v) is 18.2. The number of amides is 1. The molecule has 4 saturated heterocycles. The number of carbonyl (C=O) groups excluding carboxylic acids is 1. The molecule has 0 aromatic heterocycles. The first-order valence-corrected chi connectivity index (χ1v) is 11.7. The summed E-state index contributed by atoms with van der Waals surface area (Å²) in [5, 5.41) is 10.3. The van der Waals surface area contributed by atoms with Gasteiger partial charge in [-0.2, -0.15) is 0 Å². The number of aliphatic hydroxyl groups excluding tert-OH is 1. The number of aliphatic hydroxyl groups is 1. The van der Waals surface area contributed by atoms with E-state index in [0.717, 1.165) is 51.1 Å². The monoisotopic (exact) mass is 419 g/mol. The highest BCUT2D eigenvalue weighted by Crippen LogP contribution is 2.44. The molecule has 4 heterocycles. The molecule has 1 aromatic carbocycles. The molecular weight excluding hydrogens is 386 g/mol. The highest BCUT2D eigenvalue weighted by Gasteiger charge is 2.48. The van der Waals surface area contributed by atoms with Crippen LogP contribution in [-0.2, 0) is 0 Å². The second-order valence-corrected chi connectivity index (χ2v) is 9.39. The van der Waals surface area contributed by atoms with Crippen LogP contribution in [0.2, 0.25) is 0 Å². The molecule has 0 spiro atoms. The summed E-state index contributed by atoms with van der Waals surface area (Å²) >= 11 is 0. The van der Waals surface area contributed by atoms with Crippen LogP contribution in [0.3, 0.4) is 0 Å². The lowest BCUT2D eigenvalue weighted by Gasteiger charge is -2.59. The van der Waals surface area contributed by atoms with E-state index >= 15 is 0 Å². The number of benzene rings is 1. The van der Waals surface area contributed by atoms with Gasteiger partial charge in [-0.3, -0.25) is 14.6 Å². The van der Waals surface area contributed by atoms with Crippen molar-refractivity contribution in [1.29, 1.82) is 0 Å². The summed E-state index contributed by atoms with van der Waals surface area (Å²) in [5.74, 6) is 0.147. The Labute approximate surface area is 185 Å². The number of rotatable bonds is 6. The molecule has 5 nitrogen and oxygen atoms in total. The number of piperazine rings is 1. The number of likely N-dealkylation sites (tertiary alicyclic amines) is 1. The van der Waals surface area contributed by atoms with Gasteiger partial charge in [0.2, 0.25) is 0 Å². The predicted molar refractivity (Wildman–Crippen MR) is 123 cm³/mol. The Bertz CT molecular complexity index is 872. The molecule has 1 amide bonds. The molecule has 0 radical (unpaired) electrons. The Hall–Kier alpha value is -2.21. The minimum absolute atomic E-state index is 0.122. The lowest BCUT2D eigenvalue weighted by atomic mass is 9.80. The maximum absolute atomic E-state index is 12.8. The van der Waals surface area contributed by atoms with Crippen LogP contribution in [0, 0.1) is 0 Å². The van der Waals surface area contributed by atoms with E-state index in [1.165, 1.54) is 17.6 Å². The van der Waals surface area contributed by atoms with Crippen molar-refractivity contribution in [3.63, 3.8) is 0 Å². The van der Waals surface area contributed by atoms with Gasteiger partial charge in [0.05, 0.1) is 12.1 Å². The lowest BCUT2D eigenvalue weighted by molar-refractivity contribution is -0.0853. The SMILES string of the molecule is C=CCN1CC2CC(C1)N2C(C1=CC(O)CC=C1)c1ccc(C(=O)N2CCCC2)cc1. The molecule has 6 rings (SSSR count). The highest BCUT2D eigenvalue weighted by molar-refractivity contribution is 5.94. The Kier molecular flexibility index (Phi) is 5.83. The minimum Gasteiger partial charge on any atom is -0.389 e. The van der Waals surface area contributed by atoms with Crippen molar-refractivity contribution in [1.82, 2.24) is 14.7 Å². The van der Waals surface area contributed by atoms with Gasteiger partial charge >= 0.3 is 0 Å². The predicted octanol–water partition coefficient (Wildman–Crippen LogP) is 3.16. The van der Waals surface area contributed by atoms with Crippen molar-refractivity contribution in [3.05, 3.63) is 71.8 Å². The van der Waals surface area contributed by atoms with Crippen molar-refractivity contribution in [2.45, 2.75) is 49.9 Å². The van der Waals surface area contributed by atoms with Crippen LogP contribution >= 0.6 is 0 Å². The third-order valence-electron chi connectivity index (χ3n) is 7.27. The summed E-state index contributed by atoms with van der Waals surface area (Å²) in [6.45, 7) is 8.70. The molecule has 4 fully saturated rings. The fourth-order valence-corrected chi connectivity index (χ4v) is 5.80. The van der Waals surface area contributed by atoms with Gasteiger partial charge in [0.25, 0.3) is 5.91 Å². The molecule has 4 unspecified atom stereocenters. The number of hydrogen-bond acceptors (Lipinski definition) is 4. The van der Waals surface area contributed by atoms with E-state index in [4.69, 9.17) is 0 Å². The van der Waals surface area contributed by atoms with Crippen molar-refractivity contribution in [2.24, 2.45) is 0 Å². The minimum atomic E-state index is -0.420. The van der Waals surface area contributed by atoms with Crippen LogP contribution < -0.4 is 0 Å². The molecule has 1 aliphatic carbocycles. The summed E-state index contributed by atoms with van der Waals surface area (Å²) in [5.41, 5.74) is 3.15. The van der Waals surface area contributed by atoms with Gasteiger partial charge in [-0.1, -0.05) is 36.4 Å². The van der Waals surface area contributed by atoms with Crippen LogP contribution in [-0.4, -0.2) is 76.6 Å². The summed E-state index contributed by atoms with van der Waals surface area (Å²) in [4.78, 5) is 19.9. The summed E-state index contributed by atoms with van der Waals surface area (Å²) in [7, 11) is 0. The Balaban J connectivity index is 1.41. The highest BCUT2D eigenvalue weighted by atomic mass is 16.3. The van der Waals surface area contributed by atoms with Gasteiger partial charge in [0.1, 0.15) is 0 Å². The number of hydrogen-bond donors (Lipinski definition) is 1. The molecule has 164 valence electrons. The van der Waals surface area contributed by atoms with Crippen LogP contribution in [0.15, 0.2) is 60.7 Å². The van der Waals surface area contributed by atoms with Gasteiger partial charge in [0.15, 0.2) is 0 Å². The topological polar surface area (TPSA) is 47.0 Å². The summed E-state index contributed by atoms with van der Waals surface area (Å²) in [6.07, 6.45) is 12.0. The van der Waals surface area contributed by atoms with Crippen LogP contribution in [0.1, 0.15) is 47.6 Å². The third kappa shape index (κ3) is 4.02. The van der Waals surface area contributed by atoms with Gasteiger partial charge in [0, 0.05) is 50.4 Å². The zero-order chi connectivity index (χ0) is 21.4. The molecule has 5 heteroatoms. The molecule has 0 saturated carbocycles. The molecule has 5 aliphatic rings. The average Bonchev–Trinajstić information content (AvgIpc) is 3.32.